The summed E-state index contributed by atoms with van der Waals surface area (Å²) in [5.41, 5.74) is 6.86. The average Bonchev–Trinajstić information content (AvgIpc) is 3.20. The first kappa shape index (κ1) is 15.4. The van der Waals surface area contributed by atoms with Crippen molar-refractivity contribution >= 4 is 17.4 Å². The molecule has 1 atom stereocenters. The molecular weight excluding hydrogens is 308 g/mol. The number of benzene rings is 2. The van der Waals surface area contributed by atoms with E-state index in [-0.39, 0.29) is 0 Å². The third-order valence-electron chi connectivity index (χ3n) is 4.89. The van der Waals surface area contributed by atoms with Gasteiger partial charge >= 0.3 is 0 Å². The van der Waals surface area contributed by atoms with Crippen molar-refractivity contribution in [3.8, 4) is 11.1 Å². The van der Waals surface area contributed by atoms with Crippen LogP contribution in [0.4, 0.5) is 0 Å². The van der Waals surface area contributed by atoms with Gasteiger partial charge in [0.2, 0.25) is 0 Å². The molecule has 3 aromatic rings. The molecule has 0 N–H and O–H groups in total. The van der Waals surface area contributed by atoms with Crippen LogP contribution in [0.2, 0.25) is 0 Å². The highest BCUT2D eigenvalue weighted by Crippen LogP contribution is 2.42. The first-order valence-electron chi connectivity index (χ1n) is 8.61. The summed E-state index contributed by atoms with van der Waals surface area (Å²) in [4.78, 5) is 2.82. The Bertz CT molecular complexity index is 894. The Hall–Kier alpha value is -2.12. The highest BCUT2D eigenvalue weighted by atomic mass is 32.1. The van der Waals surface area contributed by atoms with Gasteiger partial charge in [-0.05, 0) is 52.8 Å². The van der Waals surface area contributed by atoms with Crippen molar-refractivity contribution in [3.05, 3.63) is 87.1 Å². The minimum atomic E-state index is 0.411. The van der Waals surface area contributed by atoms with Gasteiger partial charge in [-0.3, -0.25) is 0 Å². The van der Waals surface area contributed by atoms with E-state index in [1.54, 1.807) is 0 Å². The summed E-state index contributed by atoms with van der Waals surface area (Å²) in [6.45, 7) is 6.66. The van der Waals surface area contributed by atoms with Crippen LogP contribution in [0.1, 0.15) is 52.1 Å². The highest BCUT2D eigenvalue weighted by molar-refractivity contribution is 7.12. The number of rotatable bonds is 3. The largest absolute Gasteiger partial charge is 0.145 e. The monoisotopic (exact) mass is 330 g/mol. The predicted molar refractivity (Wildman–Crippen MR) is 106 cm³/mol. The molecule has 0 spiro atoms. The number of fused-ring (bicyclic) bond motifs is 1. The van der Waals surface area contributed by atoms with E-state index in [0.717, 1.165) is 0 Å². The van der Waals surface area contributed by atoms with Crippen molar-refractivity contribution < 1.29 is 0 Å². The van der Waals surface area contributed by atoms with E-state index in [4.69, 9.17) is 0 Å². The van der Waals surface area contributed by atoms with Gasteiger partial charge in [0.15, 0.2) is 0 Å². The maximum absolute atomic E-state index is 2.35. The molecule has 0 bridgehead atoms. The van der Waals surface area contributed by atoms with Crippen molar-refractivity contribution in [1.82, 2.24) is 0 Å². The average molecular weight is 330 g/mol. The topological polar surface area (TPSA) is 0 Å². The first-order valence-corrected chi connectivity index (χ1v) is 9.43. The Morgan fingerprint density at radius 2 is 1.71 bits per heavy atom. The Morgan fingerprint density at radius 1 is 0.917 bits per heavy atom. The van der Waals surface area contributed by atoms with Crippen molar-refractivity contribution in [2.45, 2.75) is 32.6 Å². The molecule has 2 aromatic carbocycles. The molecule has 0 saturated heterocycles. The summed E-state index contributed by atoms with van der Waals surface area (Å²) in [6, 6.07) is 20.3. The van der Waals surface area contributed by atoms with Gasteiger partial charge in [0, 0.05) is 15.7 Å². The van der Waals surface area contributed by atoms with Gasteiger partial charge in [-0.15, -0.1) is 11.3 Å². The maximum atomic E-state index is 2.35. The molecule has 1 aliphatic carbocycles. The quantitative estimate of drug-likeness (QED) is 0.484. The van der Waals surface area contributed by atoms with Gasteiger partial charge in [-0.25, -0.2) is 0 Å². The zero-order valence-electron chi connectivity index (χ0n) is 14.4. The number of hydrogen-bond donors (Lipinski definition) is 0. The van der Waals surface area contributed by atoms with Crippen LogP contribution in [-0.2, 0) is 0 Å². The van der Waals surface area contributed by atoms with Gasteiger partial charge in [-0.1, -0.05) is 68.5 Å². The second-order valence-corrected chi connectivity index (χ2v) is 8.19. The molecule has 1 aliphatic rings. The zero-order chi connectivity index (χ0) is 16.7. The van der Waals surface area contributed by atoms with Crippen molar-refractivity contribution in [1.29, 1.82) is 0 Å². The van der Waals surface area contributed by atoms with Gasteiger partial charge < -0.3 is 0 Å². The van der Waals surface area contributed by atoms with Crippen LogP contribution in [-0.4, -0.2) is 0 Å². The summed E-state index contributed by atoms with van der Waals surface area (Å²) >= 11 is 1.90. The van der Waals surface area contributed by atoms with E-state index in [1.807, 2.05) is 11.3 Å². The minimum Gasteiger partial charge on any atom is -0.145 e. The Kier molecular flexibility index (Phi) is 3.90. The summed E-state index contributed by atoms with van der Waals surface area (Å²) in [7, 11) is 0. The van der Waals surface area contributed by atoms with E-state index in [1.165, 1.54) is 37.6 Å². The predicted octanol–water partition coefficient (Wildman–Crippen LogP) is 7.01. The molecule has 1 heteroatoms. The van der Waals surface area contributed by atoms with E-state index >= 15 is 0 Å². The molecule has 1 heterocycles. The highest BCUT2D eigenvalue weighted by Gasteiger charge is 2.22. The summed E-state index contributed by atoms with van der Waals surface area (Å²) < 4.78 is 0. The van der Waals surface area contributed by atoms with Crippen molar-refractivity contribution in [2.24, 2.45) is 0 Å². The van der Waals surface area contributed by atoms with Crippen LogP contribution in [0.3, 0.4) is 0 Å². The molecule has 1 unspecified atom stereocenters. The maximum Gasteiger partial charge on any atom is 0.0373 e. The van der Waals surface area contributed by atoms with Crippen LogP contribution < -0.4 is 0 Å². The lowest BCUT2D eigenvalue weighted by Gasteiger charge is -2.13. The van der Waals surface area contributed by atoms with Gasteiger partial charge in [0.25, 0.3) is 0 Å². The Balaban J connectivity index is 1.75. The van der Waals surface area contributed by atoms with Gasteiger partial charge in [0.1, 0.15) is 0 Å². The molecule has 4 rings (SSSR count). The summed E-state index contributed by atoms with van der Waals surface area (Å²) in [5.74, 6) is 0.987. The number of thiophene rings is 1. The third kappa shape index (κ3) is 2.63. The SMILES string of the molecule is Cc1ccc(C2C=Cc3c(-c4ccc(C(C)C)cc4)cccc32)s1. The van der Waals surface area contributed by atoms with E-state index in [0.29, 0.717) is 11.8 Å². The molecule has 0 saturated carbocycles. The van der Waals surface area contributed by atoms with Gasteiger partial charge in [0.05, 0.1) is 0 Å². The number of allylic oxidation sites excluding steroid dienone is 1. The smallest absolute Gasteiger partial charge is 0.0373 e. The molecule has 0 radical (unpaired) electrons. The minimum absolute atomic E-state index is 0.411. The molecule has 0 amide bonds. The first-order chi connectivity index (χ1) is 11.6. The lowest BCUT2D eigenvalue weighted by Crippen LogP contribution is -1.94. The second-order valence-electron chi connectivity index (χ2n) is 6.87. The normalized spacial score (nSPS) is 15.9. The van der Waals surface area contributed by atoms with Crippen LogP contribution >= 0.6 is 11.3 Å². The molecule has 0 nitrogen and oxygen atoms in total. The van der Waals surface area contributed by atoms with Crippen LogP contribution in [0.5, 0.6) is 0 Å². The molecule has 120 valence electrons. The molecular formula is C23H22S. The molecule has 1 aromatic heterocycles. The fourth-order valence-electron chi connectivity index (χ4n) is 3.50. The standard InChI is InChI=1S/C23H22S/c1-15(2)17-8-10-18(11-9-17)19-5-4-6-20-21(19)12-13-22(20)23-14-7-16(3)24-23/h4-15,22H,1-3H3. The summed E-state index contributed by atoms with van der Waals surface area (Å²) in [6.07, 6.45) is 4.66. The number of aryl methyl sites for hydroxylation is 1. The summed E-state index contributed by atoms with van der Waals surface area (Å²) in [5, 5.41) is 0. The van der Waals surface area contributed by atoms with Crippen LogP contribution in [0, 0.1) is 6.92 Å². The fraction of sp³-hybridized carbons (Fsp3) is 0.217. The molecule has 0 aliphatic heterocycles. The van der Waals surface area contributed by atoms with Crippen LogP contribution in [0.25, 0.3) is 17.2 Å². The third-order valence-corrected chi connectivity index (χ3v) is 5.97. The van der Waals surface area contributed by atoms with Crippen molar-refractivity contribution in [3.63, 3.8) is 0 Å². The lowest BCUT2D eigenvalue weighted by atomic mass is 9.92. The second kappa shape index (κ2) is 6.07. The Morgan fingerprint density at radius 3 is 2.38 bits per heavy atom. The van der Waals surface area contributed by atoms with E-state index in [9.17, 15) is 0 Å². The van der Waals surface area contributed by atoms with Gasteiger partial charge in [-0.2, -0.15) is 0 Å². The van der Waals surface area contributed by atoms with Crippen LogP contribution in [0.15, 0.2) is 60.7 Å². The molecule has 24 heavy (non-hydrogen) atoms. The van der Waals surface area contributed by atoms with E-state index < -0.39 is 0 Å². The molecule has 0 fully saturated rings. The Labute approximate surface area is 148 Å². The lowest BCUT2D eigenvalue weighted by molar-refractivity contribution is 0.867. The zero-order valence-corrected chi connectivity index (χ0v) is 15.2. The van der Waals surface area contributed by atoms with Crippen molar-refractivity contribution in [2.75, 3.05) is 0 Å². The number of hydrogen-bond acceptors (Lipinski definition) is 1. The van der Waals surface area contributed by atoms with E-state index in [2.05, 4.69) is 87.5 Å². The fourth-order valence-corrected chi connectivity index (χ4v) is 4.48.